The van der Waals surface area contributed by atoms with E-state index in [0.29, 0.717) is 12.0 Å². The molecule has 3 heteroatoms. The normalized spacial score (nSPS) is 19.0. The lowest BCUT2D eigenvalue weighted by Crippen LogP contribution is -2.38. The standard InChI is InChI=1S/C14H22N2S/c1-11(2)16(8-7-15)9-12-10-17-14-6-4-3-5-13(12)14/h3-6,11-12H,7-10,15H2,1-2H3. The van der Waals surface area contributed by atoms with E-state index in [1.54, 1.807) is 0 Å². The van der Waals surface area contributed by atoms with Crippen molar-refractivity contribution >= 4 is 11.8 Å². The molecule has 1 aromatic rings. The van der Waals surface area contributed by atoms with Gasteiger partial charge in [-0.1, -0.05) is 18.2 Å². The van der Waals surface area contributed by atoms with E-state index in [2.05, 4.69) is 43.0 Å². The molecule has 1 aliphatic rings. The summed E-state index contributed by atoms with van der Waals surface area (Å²) < 4.78 is 0. The van der Waals surface area contributed by atoms with Crippen LogP contribution in [-0.2, 0) is 0 Å². The smallest absolute Gasteiger partial charge is 0.0108 e. The van der Waals surface area contributed by atoms with Crippen molar-refractivity contribution in [3.05, 3.63) is 29.8 Å². The first kappa shape index (κ1) is 12.9. The highest BCUT2D eigenvalue weighted by Crippen LogP contribution is 2.39. The van der Waals surface area contributed by atoms with E-state index in [1.807, 2.05) is 11.8 Å². The highest BCUT2D eigenvalue weighted by atomic mass is 32.2. The predicted octanol–water partition coefficient (Wildman–Crippen LogP) is 2.55. The van der Waals surface area contributed by atoms with Gasteiger partial charge in [0, 0.05) is 42.2 Å². The van der Waals surface area contributed by atoms with E-state index in [-0.39, 0.29) is 0 Å². The Hall–Kier alpha value is -0.510. The van der Waals surface area contributed by atoms with Crippen LogP contribution in [0.15, 0.2) is 29.2 Å². The molecule has 0 spiro atoms. The van der Waals surface area contributed by atoms with E-state index < -0.39 is 0 Å². The van der Waals surface area contributed by atoms with Crippen molar-refractivity contribution in [1.29, 1.82) is 0 Å². The molecule has 1 aromatic carbocycles. The first-order chi connectivity index (χ1) is 8.22. The maximum atomic E-state index is 5.69. The number of rotatable bonds is 5. The van der Waals surface area contributed by atoms with Crippen LogP contribution in [0.4, 0.5) is 0 Å². The van der Waals surface area contributed by atoms with Crippen LogP contribution in [0.5, 0.6) is 0 Å². The van der Waals surface area contributed by atoms with E-state index >= 15 is 0 Å². The monoisotopic (exact) mass is 250 g/mol. The minimum Gasteiger partial charge on any atom is -0.329 e. The SMILES string of the molecule is CC(C)N(CCN)CC1CSc2ccccc21. The van der Waals surface area contributed by atoms with Gasteiger partial charge in [0.25, 0.3) is 0 Å². The lowest BCUT2D eigenvalue weighted by molar-refractivity contribution is 0.218. The van der Waals surface area contributed by atoms with Crippen molar-refractivity contribution in [2.45, 2.75) is 30.7 Å². The molecule has 0 aromatic heterocycles. The second-order valence-corrected chi connectivity index (χ2v) is 5.98. The molecule has 0 aliphatic carbocycles. The van der Waals surface area contributed by atoms with E-state index in [0.717, 1.165) is 19.6 Å². The Bertz CT molecular complexity index is 365. The minimum atomic E-state index is 0.580. The third-order valence-corrected chi connectivity index (χ3v) is 4.65. The molecule has 1 heterocycles. The zero-order chi connectivity index (χ0) is 12.3. The third kappa shape index (κ3) is 3.03. The van der Waals surface area contributed by atoms with Crippen molar-refractivity contribution in [1.82, 2.24) is 4.90 Å². The second kappa shape index (κ2) is 5.89. The Kier molecular flexibility index (Phi) is 4.48. The van der Waals surface area contributed by atoms with Gasteiger partial charge >= 0.3 is 0 Å². The van der Waals surface area contributed by atoms with Crippen LogP contribution in [0.25, 0.3) is 0 Å². The molecule has 0 saturated heterocycles. The molecule has 94 valence electrons. The van der Waals surface area contributed by atoms with Gasteiger partial charge in [-0.15, -0.1) is 11.8 Å². The molecule has 0 bridgehead atoms. The second-order valence-electron chi connectivity index (χ2n) is 4.92. The number of hydrogen-bond donors (Lipinski definition) is 1. The van der Waals surface area contributed by atoms with Crippen molar-refractivity contribution in [3.8, 4) is 0 Å². The Morgan fingerprint density at radius 3 is 2.88 bits per heavy atom. The number of hydrogen-bond acceptors (Lipinski definition) is 3. The van der Waals surface area contributed by atoms with Crippen LogP contribution < -0.4 is 5.73 Å². The maximum Gasteiger partial charge on any atom is 0.0108 e. The first-order valence-corrected chi connectivity index (χ1v) is 7.36. The Morgan fingerprint density at radius 1 is 1.41 bits per heavy atom. The number of nitrogens with two attached hydrogens (primary N) is 1. The highest BCUT2D eigenvalue weighted by molar-refractivity contribution is 7.99. The summed E-state index contributed by atoms with van der Waals surface area (Å²) in [4.78, 5) is 3.96. The van der Waals surface area contributed by atoms with Crippen LogP contribution in [0.2, 0.25) is 0 Å². The summed E-state index contributed by atoms with van der Waals surface area (Å²) >= 11 is 1.99. The number of nitrogens with zero attached hydrogens (tertiary/aromatic N) is 1. The summed E-state index contributed by atoms with van der Waals surface area (Å²) in [7, 11) is 0. The summed E-state index contributed by atoms with van der Waals surface area (Å²) in [5, 5.41) is 0. The quantitative estimate of drug-likeness (QED) is 0.871. The molecule has 1 unspecified atom stereocenters. The summed E-state index contributed by atoms with van der Waals surface area (Å²) in [6.45, 7) is 7.40. The minimum absolute atomic E-state index is 0.580. The third-order valence-electron chi connectivity index (χ3n) is 3.40. The van der Waals surface area contributed by atoms with E-state index in [9.17, 15) is 0 Å². The lowest BCUT2D eigenvalue weighted by Gasteiger charge is -2.28. The Balaban J connectivity index is 2.05. The lowest BCUT2D eigenvalue weighted by atomic mass is 10.0. The van der Waals surface area contributed by atoms with Crippen LogP contribution in [-0.4, -0.2) is 36.3 Å². The first-order valence-electron chi connectivity index (χ1n) is 6.38. The molecule has 1 atom stereocenters. The van der Waals surface area contributed by atoms with Crippen LogP contribution in [0, 0.1) is 0 Å². The van der Waals surface area contributed by atoms with Crippen molar-refractivity contribution in [2.24, 2.45) is 5.73 Å². The van der Waals surface area contributed by atoms with Crippen molar-refractivity contribution in [2.75, 3.05) is 25.4 Å². The van der Waals surface area contributed by atoms with Crippen LogP contribution in [0.1, 0.15) is 25.3 Å². The van der Waals surface area contributed by atoms with Gasteiger partial charge < -0.3 is 5.73 Å². The summed E-state index contributed by atoms with van der Waals surface area (Å²) in [6.07, 6.45) is 0. The van der Waals surface area contributed by atoms with Crippen LogP contribution in [0.3, 0.4) is 0 Å². The molecule has 1 aliphatic heterocycles. The van der Waals surface area contributed by atoms with Gasteiger partial charge in [0.1, 0.15) is 0 Å². The van der Waals surface area contributed by atoms with Gasteiger partial charge in [0.2, 0.25) is 0 Å². The molecule has 0 radical (unpaired) electrons. The molecule has 17 heavy (non-hydrogen) atoms. The molecular weight excluding hydrogens is 228 g/mol. The molecular formula is C14H22N2S. The molecule has 2 N–H and O–H groups in total. The summed E-state index contributed by atoms with van der Waals surface area (Å²) in [6, 6.07) is 9.38. The summed E-state index contributed by atoms with van der Waals surface area (Å²) in [5.41, 5.74) is 7.22. The average molecular weight is 250 g/mol. The Morgan fingerprint density at radius 2 is 2.18 bits per heavy atom. The maximum absolute atomic E-state index is 5.69. The molecule has 0 fully saturated rings. The van der Waals surface area contributed by atoms with Gasteiger partial charge in [-0.3, -0.25) is 4.90 Å². The molecule has 2 nitrogen and oxygen atoms in total. The van der Waals surface area contributed by atoms with E-state index in [4.69, 9.17) is 5.73 Å². The average Bonchev–Trinajstić information content (AvgIpc) is 2.72. The molecule has 0 amide bonds. The number of benzene rings is 1. The fourth-order valence-corrected chi connectivity index (χ4v) is 3.63. The predicted molar refractivity (Wildman–Crippen MR) is 75.7 cm³/mol. The zero-order valence-corrected chi connectivity index (χ0v) is 11.5. The highest BCUT2D eigenvalue weighted by Gasteiger charge is 2.25. The van der Waals surface area contributed by atoms with Gasteiger partial charge in [-0.25, -0.2) is 0 Å². The Labute approximate surface area is 109 Å². The molecule has 0 saturated carbocycles. The van der Waals surface area contributed by atoms with Gasteiger partial charge in [0.05, 0.1) is 0 Å². The van der Waals surface area contributed by atoms with Crippen LogP contribution >= 0.6 is 11.8 Å². The van der Waals surface area contributed by atoms with Gasteiger partial charge in [0.15, 0.2) is 0 Å². The fourth-order valence-electron chi connectivity index (χ4n) is 2.39. The molecule has 2 rings (SSSR count). The summed E-state index contributed by atoms with van der Waals surface area (Å²) in [5.74, 6) is 1.89. The largest absolute Gasteiger partial charge is 0.329 e. The van der Waals surface area contributed by atoms with Gasteiger partial charge in [-0.2, -0.15) is 0 Å². The number of fused-ring (bicyclic) bond motifs is 1. The number of thioether (sulfide) groups is 1. The van der Waals surface area contributed by atoms with E-state index in [1.165, 1.54) is 16.2 Å². The van der Waals surface area contributed by atoms with Crippen molar-refractivity contribution < 1.29 is 0 Å². The van der Waals surface area contributed by atoms with Gasteiger partial charge in [-0.05, 0) is 25.5 Å². The topological polar surface area (TPSA) is 29.3 Å². The zero-order valence-electron chi connectivity index (χ0n) is 10.7. The van der Waals surface area contributed by atoms with Crippen molar-refractivity contribution in [3.63, 3.8) is 0 Å². The fraction of sp³-hybridized carbons (Fsp3) is 0.571.